The van der Waals surface area contributed by atoms with Crippen LogP contribution in [0.4, 0.5) is 29.1 Å². The minimum Gasteiger partial charge on any atom is -0.378 e. The van der Waals surface area contributed by atoms with Gasteiger partial charge in [0, 0.05) is 80.7 Å². The Morgan fingerprint density at radius 1 is 1.00 bits per heavy atom. The first-order valence-electron chi connectivity index (χ1n) is 14.0. The molecule has 0 radical (unpaired) electrons. The number of thiocarbonyl (C=S) groups is 1. The Balaban J connectivity index is 1.28. The van der Waals surface area contributed by atoms with Gasteiger partial charge in [0.2, 0.25) is 11.9 Å². The van der Waals surface area contributed by atoms with Crippen LogP contribution in [-0.2, 0) is 11.2 Å². The molecule has 0 amide bonds. The Bertz CT molecular complexity index is 1370. The van der Waals surface area contributed by atoms with Crippen LogP contribution >= 0.6 is 12.2 Å². The predicted octanol–water partition coefficient (Wildman–Crippen LogP) is 2.56. The molecule has 11 nitrogen and oxygen atoms in total. The van der Waals surface area contributed by atoms with E-state index in [-0.39, 0.29) is 5.95 Å². The second kappa shape index (κ2) is 11.5. The Morgan fingerprint density at radius 2 is 1.75 bits per heavy atom. The average Bonchev–Trinajstić information content (AvgIpc) is 3.43. The number of morpholine rings is 1. The summed E-state index contributed by atoms with van der Waals surface area (Å²) in [6.07, 6.45) is 4.21. The number of nitrogen functional groups attached to an aromatic ring is 1. The summed E-state index contributed by atoms with van der Waals surface area (Å²) in [6, 6.07) is 6.60. The molecule has 5 heterocycles. The molecule has 2 aromatic heterocycles. The normalized spacial score (nSPS) is 17.7. The highest BCUT2D eigenvalue weighted by atomic mass is 32.1. The van der Waals surface area contributed by atoms with Crippen LogP contribution in [0.5, 0.6) is 0 Å². The van der Waals surface area contributed by atoms with Crippen molar-refractivity contribution < 1.29 is 4.74 Å². The molecule has 2 fully saturated rings. The van der Waals surface area contributed by atoms with Gasteiger partial charge in [-0.25, -0.2) is 15.0 Å². The quantitative estimate of drug-likeness (QED) is 0.447. The zero-order chi connectivity index (χ0) is 27.6. The number of aromatic nitrogens is 4. The molecule has 0 aliphatic carbocycles. The maximum absolute atomic E-state index is 6.00. The lowest BCUT2D eigenvalue weighted by Crippen LogP contribution is -2.46. The van der Waals surface area contributed by atoms with Crippen molar-refractivity contribution in [1.82, 2.24) is 24.8 Å². The van der Waals surface area contributed by atoms with Gasteiger partial charge in [0.15, 0.2) is 5.11 Å². The van der Waals surface area contributed by atoms with Crippen molar-refractivity contribution in [2.75, 3.05) is 91.3 Å². The van der Waals surface area contributed by atoms with E-state index in [4.69, 9.17) is 32.7 Å². The van der Waals surface area contributed by atoms with Crippen LogP contribution < -0.4 is 25.8 Å². The van der Waals surface area contributed by atoms with E-state index in [0.29, 0.717) is 30.8 Å². The molecule has 1 aromatic carbocycles. The molecule has 3 aliphatic rings. The lowest BCUT2D eigenvalue weighted by Gasteiger charge is -2.35. The molecule has 0 spiro atoms. The number of hydrogen-bond donors (Lipinski definition) is 2. The van der Waals surface area contributed by atoms with Gasteiger partial charge in [0.1, 0.15) is 5.82 Å². The van der Waals surface area contributed by atoms with Gasteiger partial charge in [-0.3, -0.25) is 0 Å². The number of fused-ring (bicyclic) bond motifs is 1. The van der Waals surface area contributed by atoms with Crippen LogP contribution in [-0.4, -0.2) is 95.5 Å². The number of rotatable bonds is 5. The number of piperazine rings is 1. The lowest BCUT2D eigenvalue weighted by molar-refractivity contribution is 0.122. The standard InChI is InChI=1S/C28H36N10OS/c1-3-35-8-10-36(11-9-35)21-5-4-19(2)23(16-21)32-28(40)38-7-6-22-24(20-17-30-26(29)31-18-20)33-27(34-25(22)38)37-12-14-39-15-13-37/h4-5,16-18H,3,6-15H2,1-2H3,(H,32,40)(H2,29,30,31). The van der Waals surface area contributed by atoms with Crippen LogP contribution in [0.25, 0.3) is 11.3 Å². The largest absolute Gasteiger partial charge is 0.378 e. The fourth-order valence-electron chi connectivity index (χ4n) is 5.49. The van der Waals surface area contributed by atoms with Crippen LogP contribution in [0.1, 0.15) is 18.1 Å². The molecule has 0 bridgehead atoms. The molecule has 12 heteroatoms. The maximum Gasteiger partial charge on any atom is 0.228 e. The minimum atomic E-state index is 0.236. The summed E-state index contributed by atoms with van der Waals surface area (Å²) in [5, 5.41) is 4.17. The molecule has 0 saturated carbocycles. The van der Waals surface area contributed by atoms with Gasteiger partial charge >= 0.3 is 0 Å². The van der Waals surface area contributed by atoms with E-state index in [0.717, 1.165) is 86.1 Å². The topological polar surface area (TPSA) is 112 Å². The van der Waals surface area contributed by atoms with E-state index in [9.17, 15) is 0 Å². The summed E-state index contributed by atoms with van der Waals surface area (Å²) >= 11 is 6.00. The molecule has 2 saturated heterocycles. The number of aryl methyl sites for hydroxylation is 1. The van der Waals surface area contributed by atoms with Crippen LogP contribution in [0.3, 0.4) is 0 Å². The zero-order valence-corrected chi connectivity index (χ0v) is 24.0. The van der Waals surface area contributed by atoms with Gasteiger partial charge in [0.05, 0.1) is 18.9 Å². The van der Waals surface area contributed by atoms with Crippen molar-refractivity contribution in [3.63, 3.8) is 0 Å². The Hall–Kier alpha value is -3.61. The van der Waals surface area contributed by atoms with Gasteiger partial charge in [0.25, 0.3) is 0 Å². The molecule has 6 rings (SSSR count). The van der Waals surface area contributed by atoms with Crippen LogP contribution in [0, 0.1) is 6.92 Å². The molecule has 40 heavy (non-hydrogen) atoms. The van der Waals surface area contributed by atoms with E-state index in [1.165, 1.54) is 5.69 Å². The Morgan fingerprint density at radius 3 is 2.48 bits per heavy atom. The van der Waals surface area contributed by atoms with Crippen molar-refractivity contribution in [1.29, 1.82) is 0 Å². The van der Waals surface area contributed by atoms with E-state index in [2.05, 4.69) is 66.9 Å². The first-order chi connectivity index (χ1) is 19.5. The highest BCUT2D eigenvalue weighted by Gasteiger charge is 2.31. The molecule has 3 aromatic rings. The average molecular weight is 561 g/mol. The number of benzene rings is 1. The van der Waals surface area contributed by atoms with Gasteiger partial charge in [-0.1, -0.05) is 13.0 Å². The number of likely N-dealkylation sites (N-methyl/N-ethyl adjacent to an activating group) is 1. The van der Waals surface area contributed by atoms with Crippen molar-refractivity contribution in [2.45, 2.75) is 20.3 Å². The number of hydrogen-bond acceptors (Lipinski definition) is 10. The molecule has 210 valence electrons. The third-order valence-corrected chi connectivity index (χ3v) is 8.27. The fraction of sp³-hybridized carbons (Fsp3) is 0.464. The molecule has 0 atom stereocenters. The van der Waals surface area contributed by atoms with Gasteiger partial charge < -0.3 is 35.4 Å². The van der Waals surface area contributed by atoms with Crippen LogP contribution in [0.2, 0.25) is 0 Å². The zero-order valence-electron chi connectivity index (χ0n) is 23.1. The van der Waals surface area contributed by atoms with E-state index < -0.39 is 0 Å². The SMILES string of the molecule is CCN1CCN(c2ccc(C)c(NC(=S)N3CCc4c(-c5cnc(N)nc5)nc(N5CCOCC5)nc43)c2)CC1. The smallest absolute Gasteiger partial charge is 0.228 e. The second-order valence-corrected chi connectivity index (χ2v) is 10.7. The van der Waals surface area contributed by atoms with Crippen molar-refractivity contribution in [3.8, 4) is 11.3 Å². The second-order valence-electron chi connectivity index (χ2n) is 10.4. The third kappa shape index (κ3) is 5.38. The highest BCUT2D eigenvalue weighted by molar-refractivity contribution is 7.80. The molecule has 3 aliphatic heterocycles. The van der Waals surface area contributed by atoms with Gasteiger partial charge in [-0.05, 0) is 49.8 Å². The van der Waals surface area contributed by atoms with E-state index in [1.807, 2.05) is 0 Å². The summed E-state index contributed by atoms with van der Waals surface area (Å²) < 4.78 is 5.57. The minimum absolute atomic E-state index is 0.236. The molecular weight excluding hydrogens is 524 g/mol. The highest BCUT2D eigenvalue weighted by Crippen LogP contribution is 2.36. The summed E-state index contributed by atoms with van der Waals surface area (Å²) in [7, 11) is 0. The first kappa shape index (κ1) is 26.6. The molecule has 3 N–H and O–H groups in total. The number of ether oxygens (including phenoxy) is 1. The van der Waals surface area contributed by atoms with E-state index >= 15 is 0 Å². The number of nitrogens with one attached hydrogen (secondary N) is 1. The number of nitrogens with zero attached hydrogens (tertiary/aromatic N) is 8. The molecule has 0 unspecified atom stereocenters. The lowest BCUT2D eigenvalue weighted by atomic mass is 10.1. The third-order valence-electron chi connectivity index (χ3n) is 7.95. The van der Waals surface area contributed by atoms with Crippen molar-refractivity contribution in [2.24, 2.45) is 0 Å². The van der Waals surface area contributed by atoms with E-state index in [1.54, 1.807) is 12.4 Å². The predicted molar refractivity (Wildman–Crippen MR) is 163 cm³/mol. The Kier molecular flexibility index (Phi) is 7.63. The Labute approximate surface area is 240 Å². The monoisotopic (exact) mass is 560 g/mol. The number of anilines is 5. The maximum atomic E-state index is 6.00. The molecular formula is C28H36N10OS. The fourth-order valence-corrected chi connectivity index (χ4v) is 5.78. The summed E-state index contributed by atoms with van der Waals surface area (Å²) in [6.45, 7) is 13.1. The first-order valence-corrected chi connectivity index (χ1v) is 14.4. The van der Waals surface area contributed by atoms with Crippen molar-refractivity contribution >= 4 is 46.4 Å². The van der Waals surface area contributed by atoms with Gasteiger partial charge in [-0.2, -0.15) is 4.98 Å². The van der Waals surface area contributed by atoms with Crippen LogP contribution in [0.15, 0.2) is 30.6 Å². The summed E-state index contributed by atoms with van der Waals surface area (Å²) in [5.41, 5.74) is 11.8. The van der Waals surface area contributed by atoms with Gasteiger partial charge in [-0.15, -0.1) is 0 Å². The summed E-state index contributed by atoms with van der Waals surface area (Å²) in [4.78, 5) is 27.6. The van der Waals surface area contributed by atoms with Crippen molar-refractivity contribution in [3.05, 3.63) is 41.7 Å². The summed E-state index contributed by atoms with van der Waals surface area (Å²) in [5.74, 6) is 1.72. The number of nitrogens with two attached hydrogens (primary N) is 1.